The molecule has 1 aromatic carbocycles. The van der Waals surface area contributed by atoms with Crippen molar-refractivity contribution >= 4 is 22.8 Å². The predicted molar refractivity (Wildman–Crippen MR) is 80.0 cm³/mol. The second-order valence-electron chi connectivity index (χ2n) is 4.18. The zero-order valence-corrected chi connectivity index (χ0v) is 12.0. The Hall–Kier alpha value is -2.59. The molecule has 0 fully saturated rings. The van der Waals surface area contributed by atoms with Gasteiger partial charge in [-0.2, -0.15) is 15.5 Å². The van der Waals surface area contributed by atoms with Crippen LogP contribution in [0.25, 0.3) is 22.4 Å². The average Bonchev–Trinajstić information content (AvgIpc) is 2.96. The monoisotopic (exact) mass is 297 g/mol. The molecule has 0 spiro atoms. The summed E-state index contributed by atoms with van der Waals surface area (Å²) in [4.78, 5) is 8.72. The first kappa shape index (κ1) is 13.4. The minimum Gasteiger partial charge on any atom is -0.478 e. The summed E-state index contributed by atoms with van der Waals surface area (Å²) >= 11 is 1.61. The lowest BCUT2D eigenvalue weighted by molar-refractivity contribution is 0.368. The summed E-state index contributed by atoms with van der Waals surface area (Å²) in [5, 5.41) is 16.3. The van der Waals surface area contributed by atoms with Crippen LogP contribution >= 0.6 is 11.8 Å². The standard InChI is InChI=1S/C14H11N5OS/c1-21-9-2-3-10(13(6-9)20-5-4-15)14-18-11-7-16-17-8-12(11)19-14/h2-3,6-8H,5H2,1H3,(H,18,19). The fourth-order valence-corrected chi connectivity index (χ4v) is 2.39. The van der Waals surface area contributed by atoms with Gasteiger partial charge < -0.3 is 9.72 Å². The molecule has 0 radical (unpaired) electrons. The lowest BCUT2D eigenvalue weighted by atomic mass is 10.2. The van der Waals surface area contributed by atoms with E-state index in [1.165, 1.54) is 0 Å². The van der Waals surface area contributed by atoms with Crippen LogP contribution in [0.2, 0.25) is 0 Å². The van der Waals surface area contributed by atoms with E-state index in [4.69, 9.17) is 10.00 Å². The van der Waals surface area contributed by atoms with Crippen molar-refractivity contribution in [1.82, 2.24) is 20.2 Å². The molecule has 2 heterocycles. The zero-order valence-electron chi connectivity index (χ0n) is 11.2. The van der Waals surface area contributed by atoms with Crippen LogP contribution in [0.1, 0.15) is 0 Å². The molecule has 0 unspecified atom stereocenters. The fourth-order valence-electron chi connectivity index (χ4n) is 1.96. The van der Waals surface area contributed by atoms with Gasteiger partial charge in [-0.3, -0.25) is 0 Å². The molecule has 0 saturated heterocycles. The third kappa shape index (κ3) is 2.66. The molecule has 104 valence electrons. The Morgan fingerprint density at radius 2 is 2.19 bits per heavy atom. The minimum absolute atomic E-state index is 0.00578. The van der Waals surface area contributed by atoms with E-state index in [1.54, 1.807) is 24.2 Å². The van der Waals surface area contributed by atoms with Crippen molar-refractivity contribution in [3.05, 3.63) is 30.6 Å². The Morgan fingerprint density at radius 1 is 1.33 bits per heavy atom. The molecule has 21 heavy (non-hydrogen) atoms. The number of fused-ring (bicyclic) bond motifs is 1. The largest absolute Gasteiger partial charge is 0.478 e. The van der Waals surface area contributed by atoms with Crippen molar-refractivity contribution in [1.29, 1.82) is 5.26 Å². The highest BCUT2D eigenvalue weighted by Gasteiger charge is 2.12. The van der Waals surface area contributed by atoms with Gasteiger partial charge in [0.25, 0.3) is 0 Å². The van der Waals surface area contributed by atoms with Gasteiger partial charge in [0.2, 0.25) is 0 Å². The van der Waals surface area contributed by atoms with Crippen LogP contribution in [0, 0.1) is 11.3 Å². The van der Waals surface area contributed by atoms with E-state index in [0.29, 0.717) is 11.6 Å². The van der Waals surface area contributed by atoms with Crippen molar-refractivity contribution in [2.24, 2.45) is 0 Å². The molecular formula is C14H11N5OS. The van der Waals surface area contributed by atoms with E-state index in [1.807, 2.05) is 30.5 Å². The molecule has 0 saturated carbocycles. The molecule has 6 nitrogen and oxygen atoms in total. The molecule has 0 amide bonds. The highest BCUT2D eigenvalue weighted by Crippen LogP contribution is 2.32. The normalized spacial score (nSPS) is 10.5. The second kappa shape index (κ2) is 5.81. The molecule has 3 aromatic rings. The van der Waals surface area contributed by atoms with E-state index in [9.17, 15) is 0 Å². The summed E-state index contributed by atoms with van der Waals surface area (Å²) in [6.45, 7) is -0.00578. The Bertz CT molecular complexity index is 791. The fraction of sp³-hybridized carbons (Fsp3) is 0.143. The first-order valence-electron chi connectivity index (χ1n) is 6.16. The quantitative estimate of drug-likeness (QED) is 0.745. The summed E-state index contributed by atoms with van der Waals surface area (Å²) in [6.07, 6.45) is 5.21. The number of imidazole rings is 1. The van der Waals surface area contributed by atoms with Gasteiger partial charge in [0, 0.05) is 4.90 Å². The maximum atomic E-state index is 8.71. The van der Waals surface area contributed by atoms with Crippen LogP contribution in [0.4, 0.5) is 0 Å². The SMILES string of the molecule is CSc1ccc(-c2nc3cnncc3[nH]2)c(OCC#N)c1. The Balaban J connectivity index is 2.09. The minimum atomic E-state index is -0.00578. The van der Waals surface area contributed by atoms with Gasteiger partial charge in [-0.1, -0.05) is 0 Å². The molecule has 0 aliphatic heterocycles. The molecule has 0 aliphatic rings. The number of nitriles is 1. The first-order chi connectivity index (χ1) is 10.3. The van der Waals surface area contributed by atoms with E-state index in [2.05, 4.69) is 20.2 Å². The smallest absolute Gasteiger partial charge is 0.174 e. The maximum absolute atomic E-state index is 8.71. The summed E-state index contributed by atoms with van der Waals surface area (Å²) in [6, 6.07) is 7.80. The van der Waals surface area contributed by atoms with Crippen molar-refractivity contribution in [3.8, 4) is 23.2 Å². The van der Waals surface area contributed by atoms with Crippen LogP contribution in [0.5, 0.6) is 5.75 Å². The van der Waals surface area contributed by atoms with Crippen molar-refractivity contribution < 1.29 is 4.74 Å². The summed E-state index contributed by atoms with van der Waals surface area (Å²) < 4.78 is 5.51. The number of thioether (sulfide) groups is 1. The van der Waals surface area contributed by atoms with Crippen molar-refractivity contribution in [2.75, 3.05) is 12.9 Å². The molecule has 0 atom stereocenters. The molecule has 0 bridgehead atoms. The number of aromatic amines is 1. The highest BCUT2D eigenvalue weighted by molar-refractivity contribution is 7.98. The van der Waals surface area contributed by atoms with Crippen molar-refractivity contribution in [2.45, 2.75) is 4.90 Å². The number of benzene rings is 1. The number of ether oxygens (including phenoxy) is 1. The number of H-pyrrole nitrogens is 1. The highest BCUT2D eigenvalue weighted by atomic mass is 32.2. The summed E-state index contributed by atoms with van der Waals surface area (Å²) in [5.74, 6) is 1.30. The van der Waals surface area contributed by atoms with Gasteiger partial charge in [-0.05, 0) is 24.5 Å². The topological polar surface area (TPSA) is 87.5 Å². The van der Waals surface area contributed by atoms with Crippen LogP contribution in [-0.4, -0.2) is 33.0 Å². The van der Waals surface area contributed by atoms with Crippen LogP contribution in [-0.2, 0) is 0 Å². The molecule has 7 heteroatoms. The van der Waals surface area contributed by atoms with E-state index in [0.717, 1.165) is 21.5 Å². The lowest BCUT2D eigenvalue weighted by Crippen LogP contribution is -1.96. The van der Waals surface area contributed by atoms with Crippen molar-refractivity contribution in [3.63, 3.8) is 0 Å². The second-order valence-corrected chi connectivity index (χ2v) is 5.06. The molecule has 3 rings (SSSR count). The van der Waals surface area contributed by atoms with E-state index < -0.39 is 0 Å². The molecule has 1 N–H and O–H groups in total. The van der Waals surface area contributed by atoms with E-state index >= 15 is 0 Å². The van der Waals surface area contributed by atoms with Gasteiger partial charge in [-0.25, -0.2) is 4.98 Å². The number of hydrogen-bond acceptors (Lipinski definition) is 6. The Morgan fingerprint density at radius 3 is 2.95 bits per heavy atom. The van der Waals surface area contributed by atoms with Gasteiger partial charge in [0.05, 0.1) is 23.5 Å². The zero-order chi connectivity index (χ0) is 14.7. The molecular weight excluding hydrogens is 286 g/mol. The number of hydrogen-bond donors (Lipinski definition) is 1. The van der Waals surface area contributed by atoms with E-state index in [-0.39, 0.29) is 6.61 Å². The van der Waals surface area contributed by atoms with Crippen LogP contribution in [0.3, 0.4) is 0 Å². The van der Waals surface area contributed by atoms with Gasteiger partial charge in [0.1, 0.15) is 23.2 Å². The third-order valence-electron chi connectivity index (χ3n) is 2.93. The Labute approximate surface area is 125 Å². The van der Waals surface area contributed by atoms with Crippen LogP contribution < -0.4 is 4.74 Å². The molecule has 2 aromatic heterocycles. The van der Waals surface area contributed by atoms with Gasteiger partial charge >= 0.3 is 0 Å². The number of nitrogens with one attached hydrogen (secondary N) is 1. The Kier molecular flexibility index (Phi) is 3.71. The van der Waals surface area contributed by atoms with Gasteiger partial charge in [-0.15, -0.1) is 11.8 Å². The molecule has 0 aliphatic carbocycles. The van der Waals surface area contributed by atoms with Crippen LogP contribution in [0.15, 0.2) is 35.5 Å². The summed E-state index contributed by atoms with van der Waals surface area (Å²) in [5.41, 5.74) is 2.35. The predicted octanol–water partition coefficient (Wildman–Crippen LogP) is 2.64. The third-order valence-corrected chi connectivity index (χ3v) is 3.66. The first-order valence-corrected chi connectivity index (χ1v) is 7.39. The number of aromatic nitrogens is 4. The number of rotatable bonds is 4. The lowest BCUT2D eigenvalue weighted by Gasteiger charge is -2.08. The summed E-state index contributed by atoms with van der Waals surface area (Å²) in [7, 11) is 0. The average molecular weight is 297 g/mol. The number of nitrogens with zero attached hydrogens (tertiary/aromatic N) is 4. The van der Waals surface area contributed by atoms with Gasteiger partial charge in [0.15, 0.2) is 6.61 Å². The maximum Gasteiger partial charge on any atom is 0.174 e.